The first-order valence-corrected chi connectivity index (χ1v) is 26.1. The molecule has 0 aromatic heterocycles. The molecule has 0 amide bonds. The molecule has 0 nitrogen and oxygen atoms in total. The van der Waals surface area contributed by atoms with Gasteiger partial charge in [0, 0.05) is 0 Å². The van der Waals surface area contributed by atoms with Crippen LogP contribution < -0.4 is 13.6 Å². The molecule has 0 saturated carbocycles. The Morgan fingerprint density at radius 2 is 1.32 bits per heavy atom. The molecule has 1 aliphatic carbocycles. The molecule has 4 heteroatoms. The predicted octanol–water partition coefficient (Wildman–Crippen LogP) is 9.52. The normalized spacial score (nSPS) is 16.2. The average Bonchev–Trinajstić information content (AvgIpc) is 3.61. The number of fused-ring (bicyclic) bond motifs is 4. The van der Waals surface area contributed by atoms with Crippen molar-refractivity contribution in [3.63, 3.8) is 0 Å². The fourth-order valence-electron chi connectivity index (χ4n) is 7.48. The SMILES string of the molecule is CC(C)c1ccc2c(c1-c1ccccc1-c1ccccc1)C=C(C(C)(C)C)[CH]2[Zr]([Cl])([Cl])[c]1cccc2c1[SiH2]c1ccccc1-2. The standard InChI is InChI=1S/C28H29.C12H9Si.2ClH.Zr/c1-19(2)23-16-15-21-17-22(28(3,4)5)18-26(21)27(23)25-14-10-9-13-24(25)20-11-7-6-8-12-20;1-3-7-11-9(5-1)10-6-2-4-8-12(10)13-11;;;/h6-19H,1-5H3;1-7H,13H2;2*1H;/q;;;;+2/p-2. The number of allylic oxidation sites excluding steroid dienone is 1. The van der Waals surface area contributed by atoms with Crippen molar-refractivity contribution < 1.29 is 17.9 Å². The van der Waals surface area contributed by atoms with Crippen molar-refractivity contribution in [3.05, 3.63) is 131 Å². The van der Waals surface area contributed by atoms with E-state index in [1.807, 2.05) is 0 Å². The molecular weight excluding hydrogens is 671 g/mol. The molecule has 1 heterocycles. The fourth-order valence-corrected chi connectivity index (χ4v) is 24.6. The maximum absolute atomic E-state index is 8.01. The zero-order valence-electron chi connectivity index (χ0n) is 26.1. The van der Waals surface area contributed by atoms with E-state index in [9.17, 15) is 0 Å². The summed E-state index contributed by atoms with van der Waals surface area (Å²) in [6.07, 6.45) is 2.48. The third-order valence-corrected chi connectivity index (χ3v) is 23.8. The van der Waals surface area contributed by atoms with Crippen LogP contribution >= 0.6 is 17.0 Å². The molecule has 0 bridgehead atoms. The Bertz CT molecular complexity index is 1930. The van der Waals surface area contributed by atoms with Crippen LogP contribution in [-0.2, 0) is 17.9 Å². The van der Waals surface area contributed by atoms with Crippen molar-refractivity contribution in [2.24, 2.45) is 5.41 Å². The van der Waals surface area contributed by atoms with Gasteiger partial charge in [0.2, 0.25) is 0 Å². The van der Waals surface area contributed by atoms with E-state index in [4.69, 9.17) is 17.0 Å². The number of benzene rings is 5. The molecule has 0 spiro atoms. The topological polar surface area (TPSA) is 0 Å². The first kappa shape index (κ1) is 30.2. The molecule has 0 fully saturated rings. The quantitative estimate of drug-likeness (QED) is 0.157. The van der Waals surface area contributed by atoms with Gasteiger partial charge in [0.15, 0.2) is 0 Å². The summed E-state index contributed by atoms with van der Waals surface area (Å²) in [7, 11) is 15.4. The van der Waals surface area contributed by atoms with Crippen LogP contribution in [0.1, 0.15) is 60.9 Å². The Kier molecular flexibility index (Phi) is 7.82. The third-order valence-electron chi connectivity index (χ3n) is 9.57. The van der Waals surface area contributed by atoms with Crippen LogP contribution in [0.25, 0.3) is 39.5 Å². The van der Waals surface area contributed by atoms with Crippen molar-refractivity contribution in [3.8, 4) is 33.4 Å². The summed E-state index contributed by atoms with van der Waals surface area (Å²) in [5.41, 5.74) is 13.1. The second kappa shape index (κ2) is 11.4. The van der Waals surface area contributed by atoms with Crippen LogP contribution in [0.5, 0.6) is 0 Å². The molecule has 7 rings (SSSR count). The van der Waals surface area contributed by atoms with Crippen molar-refractivity contribution in [1.82, 2.24) is 0 Å². The van der Waals surface area contributed by atoms with E-state index in [1.165, 1.54) is 69.3 Å². The summed E-state index contributed by atoms with van der Waals surface area (Å²) >= 11 is -4.11. The first-order chi connectivity index (χ1) is 21.1. The summed E-state index contributed by atoms with van der Waals surface area (Å²) in [6.45, 7) is 11.6. The molecule has 220 valence electrons. The minimum atomic E-state index is -4.11. The van der Waals surface area contributed by atoms with Gasteiger partial charge in [-0.05, 0) is 0 Å². The Balaban J connectivity index is 1.47. The van der Waals surface area contributed by atoms with E-state index in [-0.39, 0.29) is 9.04 Å². The van der Waals surface area contributed by atoms with Gasteiger partial charge in [0.25, 0.3) is 0 Å². The molecule has 0 N–H and O–H groups in total. The van der Waals surface area contributed by atoms with Crippen LogP contribution in [0.4, 0.5) is 0 Å². The summed E-state index contributed by atoms with van der Waals surface area (Å²) in [4.78, 5) is 0. The van der Waals surface area contributed by atoms with Gasteiger partial charge in [-0.1, -0.05) is 0 Å². The molecular formula is C40H38Cl2SiZr. The van der Waals surface area contributed by atoms with Crippen molar-refractivity contribution in [2.75, 3.05) is 0 Å². The Hall–Kier alpha value is -2.48. The Labute approximate surface area is 276 Å². The summed E-state index contributed by atoms with van der Waals surface area (Å²) in [5.74, 6) is 0.367. The number of halogens is 2. The van der Waals surface area contributed by atoms with Crippen LogP contribution in [0.2, 0.25) is 0 Å². The Morgan fingerprint density at radius 1 is 0.682 bits per heavy atom. The molecule has 0 saturated heterocycles. The van der Waals surface area contributed by atoms with Crippen LogP contribution in [0.15, 0.2) is 115 Å². The molecule has 1 atom stereocenters. The first-order valence-electron chi connectivity index (χ1n) is 15.7. The van der Waals surface area contributed by atoms with Gasteiger partial charge in [-0.15, -0.1) is 0 Å². The molecule has 0 radical (unpaired) electrons. The van der Waals surface area contributed by atoms with Crippen molar-refractivity contribution in [1.29, 1.82) is 0 Å². The van der Waals surface area contributed by atoms with Gasteiger partial charge in [-0.3, -0.25) is 0 Å². The molecule has 2 aliphatic rings. The van der Waals surface area contributed by atoms with Gasteiger partial charge in [-0.2, -0.15) is 0 Å². The van der Waals surface area contributed by atoms with Crippen LogP contribution in [0.3, 0.4) is 0 Å². The van der Waals surface area contributed by atoms with Crippen LogP contribution in [-0.4, -0.2) is 9.52 Å². The third kappa shape index (κ3) is 4.98. The second-order valence-electron chi connectivity index (χ2n) is 13.7. The van der Waals surface area contributed by atoms with Gasteiger partial charge < -0.3 is 0 Å². The minimum absolute atomic E-state index is 0.0377. The van der Waals surface area contributed by atoms with Gasteiger partial charge in [0.05, 0.1) is 0 Å². The number of rotatable bonds is 5. The molecule has 44 heavy (non-hydrogen) atoms. The summed E-state index contributed by atoms with van der Waals surface area (Å²) in [5, 5.41) is 2.98. The second-order valence-corrected chi connectivity index (χ2v) is 29.5. The van der Waals surface area contributed by atoms with E-state index < -0.39 is 27.4 Å². The maximum atomic E-state index is 8.01. The van der Waals surface area contributed by atoms with Crippen LogP contribution in [0, 0.1) is 5.41 Å². The number of hydrogen-bond donors (Lipinski definition) is 0. The monoisotopic (exact) mass is 706 g/mol. The van der Waals surface area contributed by atoms with E-state index in [1.54, 1.807) is 0 Å². The van der Waals surface area contributed by atoms with E-state index in [0.717, 1.165) is 0 Å². The summed E-state index contributed by atoms with van der Waals surface area (Å²) in [6, 6.07) is 40.0. The zero-order valence-corrected chi connectivity index (χ0v) is 31.5. The van der Waals surface area contributed by atoms with Crippen molar-refractivity contribution in [2.45, 2.75) is 44.2 Å². The summed E-state index contributed by atoms with van der Waals surface area (Å²) < 4.78 is 1.32. The van der Waals surface area contributed by atoms with E-state index >= 15 is 0 Å². The van der Waals surface area contributed by atoms with E-state index in [0.29, 0.717) is 5.92 Å². The average molecular weight is 709 g/mol. The molecule has 5 aromatic carbocycles. The Morgan fingerprint density at radius 3 is 2.02 bits per heavy atom. The van der Waals surface area contributed by atoms with Gasteiger partial charge in [0.1, 0.15) is 0 Å². The van der Waals surface area contributed by atoms with Gasteiger partial charge in [-0.25, -0.2) is 0 Å². The zero-order chi connectivity index (χ0) is 30.8. The van der Waals surface area contributed by atoms with Gasteiger partial charge >= 0.3 is 279 Å². The number of hydrogen-bond acceptors (Lipinski definition) is 0. The predicted molar refractivity (Wildman–Crippen MR) is 193 cm³/mol. The molecule has 1 unspecified atom stereocenters. The molecule has 1 aliphatic heterocycles. The van der Waals surface area contributed by atoms with E-state index in [2.05, 4.69) is 150 Å². The van der Waals surface area contributed by atoms with Crippen molar-refractivity contribution >= 4 is 46.3 Å². The fraction of sp³-hybridized carbons (Fsp3) is 0.200. The molecule has 5 aromatic rings.